The molecule has 144 valence electrons. The third kappa shape index (κ3) is 6.64. The summed E-state index contributed by atoms with van der Waals surface area (Å²) in [4.78, 5) is 27.8. The van der Waals surface area contributed by atoms with Gasteiger partial charge in [0.05, 0.1) is 13.7 Å². The molecule has 0 saturated heterocycles. The van der Waals surface area contributed by atoms with Crippen molar-refractivity contribution in [3.8, 4) is 5.75 Å². The van der Waals surface area contributed by atoms with Gasteiger partial charge >= 0.3 is 0 Å². The molecule has 2 rings (SSSR count). The second-order valence-electron chi connectivity index (χ2n) is 6.16. The first-order valence-electron chi connectivity index (χ1n) is 8.94. The van der Waals surface area contributed by atoms with Crippen LogP contribution in [0.5, 0.6) is 5.75 Å². The van der Waals surface area contributed by atoms with E-state index in [1.807, 2.05) is 50.2 Å². The van der Waals surface area contributed by atoms with Crippen molar-refractivity contribution in [3.63, 3.8) is 0 Å². The van der Waals surface area contributed by atoms with E-state index < -0.39 is 0 Å². The Hall–Kier alpha value is -2.47. The minimum atomic E-state index is -0.221. The Morgan fingerprint density at radius 3 is 2.56 bits per heavy atom. The molecule has 2 amide bonds. The Bertz CT molecular complexity index is 752. The van der Waals surface area contributed by atoms with Gasteiger partial charge in [-0.1, -0.05) is 31.2 Å². The topological polar surface area (TPSA) is 58.6 Å². The molecule has 2 aromatic rings. The van der Waals surface area contributed by atoms with Crippen LogP contribution in [-0.2, 0) is 9.59 Å². The summed E-state index contributed by atoms with van der Waals surface area (Å²) >= 11 is 1.65. The van der Waals surface area contributed by atoms with Crippen LogP contribution < -0.4 is 10.1 Å². The van der Waals surface area contributed by atoms with Gasteiger partial charge in [0.1, 0.15) is 5.75 Å². The lowest BCUT2D eigenvalue weighted by molar-refractivity contribution is -0.137. The molecule has 0 heterocycles. The number of hydrogen-bond donors (Lipinski definition) is 1. The lowest BCUT2D eigenvalue weighted by Crippen LogP contribution is -2.41. The fourth-order valence-corrected chi connectivity index (χ4v) is 3.48. The van der Waals surface area contributed by atoms with E-state index in [2.05, 4.69) is 5.32 Å². The average Bonchev–Trinajstić information content (AvgIpc) is 2.70. The van der Waals surface area contributed by atoms with Gasteiger partial charge in [-0.2, -0.15) is 0 Å². The standard InChI is InChI=1S/C21H26N2O3S/c1-4-23(14-20(24)22-17-9-8-10-18(13-17)26-3)21(25)16(2)15-27-19-11-6-5-7-12-19/h5-13,16H,4,14-15H2,1-3H3,(H,22,24). The molecule has 0 spiro atoms. The first-order chi connectivity index (χ1) is 13.0. The molecule has 1 unspecified atom stereocenters. The number of rotatable bonds is 9. The molecule has 0 aliphatic carbocycles. The molecule has 6 heteroatoms. The largest absolute Gasteiger partial charge is 0.497 e. The van der Waals surface area contributed by atoms with E-state index in [-0.39, 0.29) is 24.3 Å². The fraction of sp³-hybridized carbons (Fsp3) is 0.333. The van der Waals surface area contributed by atoms with Crippen molar-refractivity contribution >= 4 is 29.3 Å². The zero-order valence-electron chi connectivity index (χ0n) is 16.0. The number of nitrogens with one attached hydrogen (secondary N) is 1. The van der Waals surface area contributed by atoms with Crippen LogP contribution in [0.2, 0.25) is 0 Å². The number of methoxy groups -OCH3 is 1. The molecule has 0 aromatic heterocycles. The highest BCUT2D eigenvalue weighted by atomic mass is 32.2. The van der Waals surface area contributed by atoms with Gasteiger partial charge in [0, 0.05) is 34.9 Å². The van der Waals surface area contributed by atoms with Crippen molar-refractivity contribution in [1.29, 1.82) is 0 Å². The number of amides is 2. The highest BCUT2D eigenvalue weighted by Gasteiger charge is 2.21. The van der Waals surface area contributed by atoms with E-state index in [0.717, 1.165) is 4.90 Å². The Kier molecular flexibility index (Phi) is 8.20. The van der Waals surface area contributed by atoms with Gasteiger partial charge in [0.25, 0.3) is 0 Å². The monoisotopic (exact) mass is 386 g/mol. The molecule has 27 heavy (non-hydrogen) atoms. The number of anilines is 1. The molecule has 1 N–H and O–H groups in total. The number of ether oxygens (including phenoxy) is 1. The SMILES string of the molecule is CCN(CC(=O)Nc1cccc(OC)c1)C(=O)C(C)CSc1ccccc1. The predicted octanol–water partition coefficient (Wildman–Crippen LogP) is 3.91. The lowest BCUT2D eigenvalue weighted by Gasteiger charge is -2.24. The van der Waals surface area contributed by atoms with Crippen LogP contribution in [0.25, 0.3) is 0 Å². The summed E-state index contributed by atoms with van der Waals surface area (Å²) in [5, 5.41) is 2.82. The van der Waals surface area contributed by atoms with E-state index in [4.69, 9.17) is 4.74 Å². The maximum atomic E-state index is 12.7. The van der Waals surface area contributed by atoms with Crippen molar-refractivity contribution < 1.29 is 14.3 Å². The minimum Gasteiger partial charge on any atom is -0.497 e. The number of hydrogen-bond acceptors (Lipinski definition) is 4. The quantitative estimate of drug-likeness (QED) is 0.664. The number of carbonyl (C=O) groups excluding carboxylic acids is 2. The third-order valence-corrected chi connectivity index (χ3v) is 5.32. The zero-order chi connectivity index (χ0) is 19.6. The zero-order valence-corrected chi connectivity index (χ0v) is 16.8. The number of likely N-dealkylation sites (N-methyl/N-ethyl adjacent to an activating group) is 1. The molecular formula is C21H26N2O3S. The van der Waals surface area contributed by atoms with E-state index in [9.17, 15) is 9.59 Å². The summed E-state index contributed by atoms with van der Waals surface area (Å²) in [6.07, 6.45) is 0. The molecule has 1 atom stereocenters. The average molecular weight is 387 g/mol. The second-order valence-corrected chi connectivity index (χ2v) is 7.25. The van der Waals surface area contributed by atoms with Crippen molar-refractivity contribution in [3.05, 3.63) is 54.6 Å². The van der Waals surface area contributed by atoms with Crippen LogP contribution in [0.15, 0.2) is 59.5 Å². The normalized spacial score (nSPS) is 11.5. The number of nitrogens with zero attached hydrogens (tertiary/aromatic N) is 1. The lowest BCUT2D eigenvalue weighted by atomic mass is 10.2. The van der Waals surface area contributed by atoms with Crippen LogP contribution >= 0.6 is 11.8 Å². The van der Waals surface area contributed by atoms with Gasteiger partial charge in [-0.05, 0) is 31.2 Å². The Morgan fingerprint density at radius 1 is 1.15 bits per heavy atom. The third-order valence-electron chi connectivity index (χ3n) is 4.05. The number of carbonyl (C=O) groups is 2. The predicted molar refractivity (Wildman–Crippen MR) is 110 cm³/mol. The van der Waals surface area contributed by atoms with Crippen LogP contribution in [0.3, 0.4) is 0 Å². The van der Waals surface area contributed by atoms with Gasteiger partial charge in [0.2, 0.25) is 11.8 Å². The van der Waals surface area contributed by atoms with Gasteiger partial charge in [-0.15, -0.1) is 11.8 Å². The van der Waals surface area contributed by atoms with Crippen LogP contribution in [-0.4, -0.2) is 42.7 Å². The fourth-order valence-electron chi connectivity index (χ4n) is 2.54. The number of benzene rings is 2. The molecule has 2 aromatic carbocycles. The smallest absolute Gasteiger partial charge is 0.243 e. The Balaban J connectivity index is 1.88. The van der Waals surface area contributed by atoms with Gasteiger partial charge in [-0.25, -0.2) is 0 Å². The minimum absolute atomic E-state index is 0.0123. The van der Waals surface area contributed by atoms with Crippen molar-refractivity contribution in [2.24, 2.45) is 5.92 Å². The summed E-state index contributed by atoms with van der Waals surface area (Å²) in [6, 6.07) is 17.1. The maximum Gasteiger partial charge on any atom is 0.243 e. The van der Waals surface area contributed by atoms with E-state index in [1.165, 1.54) is 0 Å². The van der Waals surface area contributed by atoms with Gasteiger partial charge < -0.3 is 15.0 Å². The van der Waals surface area contributed by atoms with Crippen LogP contribution in [0.4, 0.5) is 5.69 Å². The summed E-state index contributed by atoms with van der Waals surface area (Å²) in [6.45, 7) is 4.31. The summed E-state index contributed by atoms with van der Waals surface area (Å²) in [5.74, 6) is 0.947. The molecule has 0 saturated carbocycles. The van der Waals surface area contributed by atoms with Crippen molar-refractivity contribution in [1.82, 2.24) is 4.90 Å². The molecule has 0 aliphatic heterocycles. The summed E-state index contributed by atoms with van der Waals surface area (Å²) in [7, 11) is 1.58. The molecule has 0 radical (unpaired) electrons. The first kappa shape index (κ1) is 20.8. The highest BCUT2D eigenvalue weighted by Crippen LogP contribution is 2.21. The van der Waals surface area contributed by atoms with E-state index in [0.29, 0.717) is 23.7 Å². The van der Waals surface area contributed by atoms with Crippen LogP contribution in [0, 0.1) is 5.92 Å². The molecule has 0 aliphatic rings. The summed E-state index contributed by atoms with van der Waals surface area (Å²) in [5.41, 5.74) is 0.649. The second kappa shape index (κ2) is 10.6. The Labute approximate surface area is 165 Å². The van der Waals surface area contributed by atoms with Crippen LogP contribution in [0.1, 0.15) is 13.8 Å². The van der Waals surface area contributed by atoms with Gasteiger partial charge in [-0.3, -0.25) is 9.59 Å². The molecule has 0 bridgehead atoms. The first-order valence-corrected chi connectivity index (χ1v) is 9.92. The molecular weight excluding hydrogens is 360 g/mol. The van der Waals surface area contributed by atoms with Crippen molar-refractivity contribution in [2.75, 3.05) is 31.3 Å². The summed E-state index contributed by atoms with van der Waals surface area (Å²) < 4.78 is 5.15. The van der Waals surface area contributed by atoms with E-state index in [1.54, 1.807) is 42.0 Å². The number of thioether (sulfide) groups is 1. The van der Waals surface area contributed by atoms with E-state index >= 15 is 0 Å². The van der Waals surface area contributed by atoms with Crippen molar-refractivity contribution in [2.45, 2.75) is 18.7 Å². The maximum absolute atomic E-state index is 12.7. The Morgan fingerprint density at radius 2 is 1.89 bits per heavy atom. The van der Waals surface area contributed by atoms with Gasteiger partial charge in [0.15, 0.2) is 0 Å². The molecule has 5 nitrogen and oxygen atoms in total. The molecule has 0 fully saturated rings. The highest BCUT2D eigenvalue weighted by molar-refractivity contribution is 7.99.